The van der Waals surface area contributed by atoms with Gasteiger partial charge in [-0.25, -0.2) is 8.42 Å². The number of nitrogens with zero attached hydrogens (tertiary/aromatic N) is 1. The molecule has 1 N–H and O–H groups in total. The molecule has 0 saturated carbocycles. The monoisotopic (exact) mass is 382 g/mol. The normalized spacial score (nSPS) is 14.0. The van der Waals surface area contributed by atoms with Crippen molar-refractivity contribution in [2.24, 2.45) is 0 Å². The highest BCUT2D eigenvalue weighted by atomic mass is 32.2. The molecule has 0 unspecified atom stereocenters. The maximum Gasteiger partial charge on any atom is 0.262 e. The second-order valence-electron chi connectivity index (χ2n) is 6.65. The molecule has 0 radical (unpaired) electrons. The third-order valence-electron chi connectivity index (χ3n) is 4.92. The van der Waals surface area contributed by atoms with E-state index in [2.05, 4.69) is 15.8 Å². The molecule has 27 heavy (non-hydrogen) atoms. The minimum absolute atomic E-state index is 0.211. The number of nitrogens with one attached hydrogen (secondary N) is 1. The van der Waals surface area contributed by atoms with Crippen molar-refractivity contribution in [3.63, 3.8) is 0 Å². The van der Waals surface area contributed by atoms with Gasteiger partial charge in [-0.2, -0.15) is 0 Å². The van der Waals surface area contributed by atoms with Crippen molar-refractivity contribution in [1.29, 1.82) is 0 Å². The zero-order chi connectivity index (χ0) is 18.9. The third-order valence-corrected chi connectivity index (χ3v) is 6.35. The van der Waals surface area contributed by atoms with Gasteiger partial charge in [0.15, 0.2) is 0 Å². The summed E-state index contributed by atoms with van der Waals surface area (Å²) in [4.78, 5) is 4.54. The van der Waals surface area contributed by atoms with Gasteiger partial charge in [0.05, 0.1) is 17.2 Å². The zero-order valence-corrected chi connectivity index (χ0v) is 16.1. The van der Waals surface area contributed by atoms with E-state index in [9.17, 15) is 8.42 Å². The number of sulfonamides is 1. The number of hydrogen-bond acceptors (Lipinski definition) is 4. The van der Waals surface area contributed by atoms with Crippen LogP contribution in [0.15, 0.2) is 53.6 Å². The van der Waals surface area contributed by atoms with E-state index in [0.717, 1.165) is 31.2 Å². The number of pyridine rings is 1. The Hall–Kier alpha value is -2.60. The summed E-state index contributed by atoms with van der Waals surface area (Å²) in [6.45, 7) is 2.38. The molecular formula is C21H22N2O3S. The maximum atomic E-state index is 13.2. The molecular weight excluding hydrogens is 360 g/mol. The van der Waals surface area contributed by atoms with E-state index in [1.54, 1.807) is 30.5 Å². The number of rotatable bonds is 5. The number of benzene rings is 2. The van der Waals surface area contributed by atoms with E-state index >= 15 is 0 Å². The Morgan fingerprint density at radius 3 is 2.78 bits per heavy atom. The topological polar surface area (TPSA) is 68.3 Å². The molecule has 0 aliphatic heterocycles. The number of aromatic nitrogens is 1. The van der Waals surface area contributed by atoms with Crippen molar-refractivity contribution in [3.8, 4) is 5.75 Å². The predicted molar refractivity (Wildman–Crippen MR) is 107 cm³/mol. The summed E-state index contributed by atoms with van der Waals surface area (Å²) < 4.78 is 34.8. The van der Waals surface area contributed by atoms with Crippen LogP contribution in [0.1, 0.15) is 30.9 Å². The van der Waals surface area contributed by atoms with E-state index in [4.69, 9.17) is 4.74 Å². The van der Waals surface area contributed by atoms with Crippen LogP contribution < -0.4 is 9.46 Å². The molecule has 6 heteroatoms. The van der Waals surface area contributed by atoms with Crippen molar-refractivity contribution in [3.05, 3.63) is 59.8 Å². The zero-order valence-electron chi connectivity index (χ0n) is 15.2. The average molecular weight is 382 g/mol. The predicted octanol–water partition coefficient (Wildman–Crippen LogP) is 4.31. The fourth-order valence-corrected chi connectivity index (χ4v) is 5.00. The molecule has 140 valence electrons. The fraction of sp³-hybridized carbons (Fsp3) is 0.286. The molecule has 0 fully saturated rings. The molecule has 1 heterocycles. The number of aryl methyl sites for hydroxylation is 1. The molecule has 4 rings (SSSR count). The van der Waals surface area contributed by atoms with Crippen molar-refractivity contribution >= 4 is 26.6 Å². The molecule has 1 aliphatic rings. The van der Waals surface area contributed by atoms with Crippen molar-refractivity contribution in [2.45, 2.75) is 37.5 Å². The molecule has 3 aromatic rings. The second kappa shape index (κ2) is 7.19. The van der Waals surface area contributed by atoms with Crippen LogP contribution in [0.25, 0.3) is 10.9 Å². The largest absolute Gasteiger partial charge is 0.492 e. The highest BCUT2D eigenvalue weighted by molar-refractivity contribution is 7.93. The third kappa shape index (κ3) is 3.37. The highest BCUT2D eigenvalue weighted by Gasteiger charge is 2.22. The SMILES string of the molecule is CCOc1ccc(S(=O)(=O)Nc2cccc3c2CCCC3)c2cccnc12. The van der Waals surface area contributed by atoms with Crippen LogP contribution in [-0.4, -0.2) is 20.0 Å². The standard InChI is InChI=1S/C21H22N2O3S/c1-2-26-19-12-13-20(17-10-6-14-22-21(17)19)27(24,25)23-18-11-5-8-15-7-3-4-9-16(15)18/h5-6,8,10-14,23H,2-4,7,9H2,1H3. The second-order valence-corrected chi connectivity index (χ2v) is 8.30. The van der Waals surface area contributed by atoms with E-state index in [1.165, 1.54) is 5.56 Å². The smallest absolute Gasteiger partial charge is 0.262 e. The van der Waals surface area contributed by atoms with Gasteiger partial charge in [0, 0.05) is 11.6 Å². The van der Waals surface area contributed by atoms with Gasteiger partial charge in [0.25, 0.3) is 10.0 Å². The number of fused-ring (bicyclic) bond motifs is 2. The first-order valence-corrected chi connectivity index (χ1v) is 10.7. The Labute approximate surface area is 159 Å². The van der Waals surface area contributed by atoms with E-state index in [-0.39, 0.29) is 4.90 Å². The molecule has 5 nitrogen and oxygen atoms in total. The Kier molecular flexibility index (Phi) is 4.74. The molecule has 0 spiro atoms. The first kappa shape index (κ1) is 17.8. The summed E-state index contributed by atoms with van der Waals surface area (Å²) in [6, 6.07) is 12.6. The van der Waals surface area contributed by atoms with Gasteiger partial charge < -0.3 is 4.74 Å². The van der Waals surface area contributed by atoms with Gasteiger partial charge in [-0.3, -0.25) is 9.71 Å². The molecule has 0 saturated heterocycles. The van der Waals surface area contributed by atoms with Crippen molar-refractivity contribution in [2.75, 3.05) is 11.3 Å². The molecule has 2 aromatic carbocycles. The van der Waals surface area contributed by atoms with Crippen molar-refractivity contribution < 1.29 is 13.2 Å². The van der Waals surface area contributed by atoms with Gasteiger partial charge >= 0.3 is 0 Å². The van der Waals surface area contributed by atoms with Crippen LogP contribution >= 0.6 is 0 Å². The Morgan fingerprint density at radius 2 is 1.93 bits per heavy atom. The van der Waals surface area contributed by atoms with Crippen LogP contribution in [0.3, 0.4) is 0 Å². The number of anilines is 1. The van der Waals surface area contributed by atoms with Crippen molar-refractivity contribution in [1.82, 2.24) is 4.98 Å². The Balaban J connectivity index is 1.79. The van der Waals surface area contributed by atoms with Gasteiger partial charge in [-0.15, -0.1) is 0 Å². The lowest BCUT2D eigenvalue weighted by atomic mass is 9.91. The summed E-state index contributed by atoms with van der Waals surface area (Å²) in [5, 5.41) is 0.556. The maximum absolute atomic E-state index is 13.2. The first-order chi connectivity index (χ1) is 13.1. The van der Waals surface area contributed by atoms with Gasteiger partial charge in [-0.1, -0.05) is 12.1 Å². The summed E-state index contributed by atoms with van der Waals surface area (Å²) in [6.07, 6.45) is 5.78. The number of ether oxygens (including phenoxy) is 1. The minimum atomic E-state index is -3.75. The van der Waals surface area contributed by atoms with Gasteiger partial charge in [0.2, 0.25) is 0 Å². The summed E-state index contributed by atoms with van der Waals surface area (Å²) in [5.41, 5.74) is 3.58. The van der Waals surface area contributed by atoms with E-state index in [0.29, 0.717) is 28.9 Å². The highest BCUT2D eigenvalue weighted by Crippen LogP contribution is 2.33. The van der Waals surface area contributed by atoms with Crippen LogP contribution in [-0.2, 0) is 22.9 Å². The van der Waals surface area contributed by atoms with E-state index < -0.39 is 10.0 Å². The summed E-state index contributed by atoms with van der Waals surface area (Å²) in [7, 11) is -3.75. The average Bonchev–Trinajstić information content (AvgIpc) is 2.68. The van der Waals surface area contributed by atoms with Crippen LogP contribution in [0, 0.1) is 0 Å². The first-order valence-electron chi connectivity index (χ1n) is 9.24. The summed E-state index contributed by atoms with van der Waals surface area (Å²) >= 11 is 0. The van der Waals surface area contributed by atoms with Gasteiger partial charge in [-0.05, 0) is 74.1 Å². The van der Waals surface area contributed by atoms with Gasteiger partial charge in [0.1, 0.15) is 11.3 Å². The lowest BCUT2D eigenvalue weighted by Crippen LogP contribution is -2.16. The van der Waals surface area contributed by atoms with E-state index in [1.807, 2.05) is 19.1 Å². The molecule has 1 aliphatic carbocycles. The van der Waals surface area contributed by atoms with Crippen LogP contribution in [0.4, 0.5) is 5.69 Å². The quantitative estimate of drug-likeness (QED) is 0.714. The Bertz CT molecular complexity index is 1090. The van der Waals surface area contributed by atoms with Crippen LogP contribution in [0.2, 0.25) is 0 Å². The summed E-state index contributed by atoms with van der Waals surface area (Å²) in [5.74, 6) is 0.587. The fourth-order valence-electron chi connectivity index (χ4n) is 3.70. The lowest BCUT2D eigenvalue weighted by Gasteiger charge is -2.20. The molecule has 1 aromatic heterocycles. The Morgan fingerprint density at radius 1 is 1.07 bits per heavy atom. The minimum Gasteiger partial charge on any atom is -0.492 e. The lowest BCUT2D eigenvalue weighted by molar-refractivity contribution is 0.343. The van der Waals surface area contributed by atoms with Crippen LogP contribution in [0.5, 0.6) is 5.75 Å². The number of hydrogen-bond donors (Lipinski definition) is 1. The molecule has 0 amide bonds. The molecule has 0 atom stereocenters. The molecule has 0 bridgehead atoms.